The van der Waals surface area contributed by atoms with Gasteiger partial charge in [-0.2, -0.15) is 0 Å². The average molecular weight is 747 g/mol. The number of benzene rings is 7. The van der Waals surface area contributed by atoms with Crippen LogP contribution in [0, 0.1) is 0 Å². The van der Waals surface area contributed by atoms with Crippen molar-refractivity contribution in [3.8, 4) is 67.2 Å². The fraction of sp³-hybridized carbons (Fsp3) is 0.164. The summed E-state index contributed by atoms with van der Waals surface area (Å²) in [4.78, 5) is 10.1. The lowest BCUT2D eigenvalue weighted by Crippen LogP contribution is -2.28. The molecule has 9 aromatic rings. The van der Waals surface area contributed by atoms with Crippen molar-refractivity contribution in [2.24, 2.45) is 0 Å². The monoisotopic (exact) mass is 746 g/mol. The fourth-order valence-electron chi connectivity index (χ4n) is 10.9. The molecule has 1 spiro atoms. The molecule has 7 aromatic carbocycles. The number of rotatable bonds is 4. The highest BCUT2D eigenvalue weighted by atomic mass is 16.3. The summed E-state index contributed by atoms with van der Waals surface area (Å²) in [7, 11) is 0. The van der Waals surface area contributed by atoms with E-state index in [1.165, 1.54) is 87.7 Å². The molecule has 2 aromatic heterocycles. The Bertz CT molecular complexity index is 3110. The van der Waals surface area contributed by atoms with Crippen LogP contribution in [0.5, 0.6) is 0 Å². The summed E-state index contributed by atoms with van der Waals surface area (Å²) in [5.74, 6) is 0.691. The predicted molar refractivity (Wildman–Crippen MR) is 238 cm³/mol. The van der Waals surface area contributed by atoms with E-state index in [-0.39, 0.29) is 10.8 Å². The summed E-state index contributed by atoms with van der Waals surface area (Å²) in [5.41, 5.74) is 21.8. The Labute approximate surface area is 339 Å². The van der Waals surface area contributed by atoms with Gasteiger partial charge >= 0.3 is 0 Å². The van der Waals surface area contributed by atoms with Gasteiger partial charge in [0.25, 0.3) is 0 Å². The van der Waals surface area contributed by atoms with Gasteiger partial charge in [-0.3, -0.25) is 0 Å². The van der Waals surface area contributed by atoms with E-state index in [1.807, 2.05) is 36.4 Å². The molecule has 0 unspecified atom stereocenters. The zero-order valence-electron chi connectivity index (χ0n) is 32.8. The second kappa shape index (κ2) is 12.5. The topological polar surface area (TPSA) is 38.9 Å². The van der Waals surface area contributed by atoms with Crippen molar-refractivity contribution in [2.45, 2.75) is 56.8 Å². The highest BCUT2D eigenvalue weighted by Crippen LogP contribution is 2.61. The fourth-order valence-corrected chi connectivity index (χ4v) is 10.9. The quantitative estimate of drug-likeness (QED) is 0.180. The van der Waals surface area contributed by atoms with Crippen LogP contribution >= 0.6 is 0 Å². The molecule has 0 N–H and O–H groups in total. The zero-order chi connectivity index (χ0) is 38.6. The van der Waals surface area contributed by atoms with Crippen LogP contribution < -0.4 is 0 Å². The highest BCUT2D eigenvalue weighted by molar-refractivity contribution is 6.07. The third kappa shape index (κ3) is 4.80. The van der Waals surface area contributed by atoms with Crippen LogP contribution in [-0.4, -0.2) is 9.97 Å². The average Bonchev–Trinajstić information content (AvgIpc) is 3.87. The van der Waals surface area contributed by atoms with Crippen molar-refractivity contribution < 1.29 is 4.42 Å². The maximum atomic E-state index is 6.44. The van der Waals surface area contributed by atoms with Gasteiger partial charge in [-0.25, -0.2) is 9.97 Å². The molecule has 0 aliphatic heterocycles. The van der Waals surface area contributed by atoms with Crippen LogP contribution in [0.15, 0.2) is 162 Å². The van der Waals surface area contributed by atoms with E-state index in [0.717, 1.165) is 38.9 Å². The first kappa shape index (κ1) is 33.5. The first-order valence-electron chi connectivity index (χ1n) is 20.9. The van der Waals surface area contributed by atoms with E-state index in [0.29, 0.717) is 11.4 Å². The Balaban J connectivity index is 0.969. The van der Waals surface area contributed by atoms with E-state index in [1.54, 1.807) is 5.56 Å². The molecular weight excluding hydrogens is 705 g/mol. The molecule has 278 valence electrons. The van der Waals surface area contributed by atoms with Gasteiger partial charge in [0.15, 0.2) is 11.4 Å². The van der Waals surface area contributed by atoms with E-state index < -0.39 is 0 Å². The Morgan fingerprint density at radius 1 is 0.466 bits per heavy atom. The summed E-state index contributed by atoms with van der Waals surface area (Å²) >= 11 is 0. The summed E-state index contributed by atoms with van der Waals surface area (Å²) in [6.45, 7) is 4.81. The van der Waals surface area contributed by atoms with Gasteiger partial charge in [-0.15, -0.1) is 0 Å². The number of para-hydroxylation sites is 1. The largest absolute Gasteiger partial charge is 0.452 e. The van der Waals surface area contributed by atoms with Gasteiger partial charge in [-0.1, -0.05) is 161 Å². The Kier molecular flexibility index (Phi) is 7.21. The van der Waals surface area contributed by atoms with Crippen molar-refractivity contribution in [1.82, 2.24) is 9.97 Å². The Hall–Kier alpha value is -6.58. The molecule has 2 heterocycles. The van der Waals surface area contributed by atoms with Gasteiger partial charge in [0.05, 0.1) is 0 Å². The molecule has 3 aliphatic rings. The van der Waals surface area contributed by atoms with Gasteiger partial charge in [0.1, 0.15) is 16.8 Å². The van der Waals surface area contributed by atoms with Gasteiger partial charge in [0.2, 0.25) is 0 Å². The molecule has 58 heavy (non-hydrogen) atoms. The van der Waals surface area contributed by atoms with Crippen molar-refractivity contribution in [2.75, 3.05) is 0 Å². The standard InChI is InChI=1S/C55H42N2O/c1-54(2)44-22-9-7-19-40(44)42-32-47-43(33-46(42)54)49-39(21-14-23-45(49)55(47)29-11-4-12-30-55)38-18-13-17-37(31-38)34-25-27-35(28-26-34)50-52-51(41-20-8-10-24-48(41)58-52)57-53(56-50)36-15-5-3-6-16-36/h3,5-10,13-28,31-33H,4,11-12,29-30H2,1-2H3. The van der Waals surface area contributed by atoms with Crippen LogP contribution in [0.2, 0.25) is 0 Å². The summed E-state index contributed by atoms with van der Waals surface area (Å²) < 4.78 is 6.44. The molecule has 0 saturated heterocycles. The number of furan rings is 1. The number of hydrogen-bond acceptors (Lipinski definition) is 3. The predicted octanol–water partition coefficient (Wildman–Crippen LogP) is 14.6. The lowest BCUT2D eigenvalue weighted by atomic mass is 9.67. The van der Waals surface area contributed by atoms with Crippen LogP contribution in [0.25, 0.3) is 89.2 Å². The molecule has 0 bridgehead atoms. The van der Waals surface area contributed by atoms with Crippen molar-refractivity contribution in [3.05, 3.63) is 180 Å². The maximum Gasteiger partial charge on any atom is 0.180 e. The molecule has 1 fully saturated rings. The zero-order valence-corrected chi connectivity index (χ0v) is 32.8. The SMILES string of the molecule is CC1(C)c2ccccc2-c2cc3c(cc21)-c1c(-c2cccc(-c4ccc(-c5nc(-c6ccccc6)nc6c5oc5ccccc56)cc4)c2)cccc1C31CCCCC1. The molecule has 0 atom stereocenters. The van der Waals surface area contributed by atoms with Gasteiger partial charge in [0, 0.05) is 27.3 Å². The number of hydrogen-bond donors (Lipinski definition) is 0. The second-order valence-electron chi connectivity index (χ2n) is 17.2. The van der Waals surface area contributed by atoms with E-state index in [2.05, 4.69) is 135 Å². The third-order valence-corrected chi connectivity index (χ3v) is 13.7. The van der Waals surface area contributed by atoms with Crippen LogP contribution in [0.4, 0.5) is 0 Å². The van der Waals surface area contributed by atoms with Gasteiger partial charge < -0.3 is 4.42 Å². The minimum atomic E-state index is -0.0461. The summed E-state index contributed by atoms with van der Waals surface area (Å²) in [6.07, 6.45) is 6.30. The molecule has 0 radical (unpaired) electrons. The second-order valence-corrected chi connectivity index (χ2v) is 17.2. The van der Waals surface area contributed by atoms with Crippen LogP contribution in [0.3, 0.4) is 0 Å². The minimum absolute atomic E-state index is 0.0461. The molecule has 3 heteroatoms. The molecular formula is C55H42N2O. The van der Waals surface area contributed by atoms with Crippen molar-refractivity contribution >= 4 is 22.1 Å². The van der Waals surface area contributed by atoms with E-state index >= 15 is 0 Å². The molecule has 0 amide bonds. The number of fused-ring (bicyclic) bond motifs is 11. The van der Waals surface area contributed by atoms with Crippen molar-refractivity contribution in [3.63, 3.8) is 0 Å². The molecule has 3 nitrogen and oxygen atoms in total. The summed E-state index contributed by atoms with van der Waals surface area (Å²) in [5, 5.41) is 0.995. The molecule has 12 rings (SSSR count). The Morgan fingerprint density at radius 2 is 1.14 bits per heavy atom. The first-order valence-corrected chi connectivity index (χ1v) is 20.9. The normalized spacial score (nSPS) is 15.7. The smallest absolute Gasteiger partial charge is 0.180 e. The maximum absolute atomic E-state index is 6.44. The molecule has 3 aliphatic carbocycles. The molecule has 1 saturated carbocycles. The lowest BCUT2D eigenvalue weighted by molar-refractivity contribution is 0.353. The third-order valence-electron chi connectivity index (χ3n) is 13.7. The van der Waals surface area contributed by atoms with Gasteiger partial charge in [-0.05, 0) is 110 Å². The number of aromatic nitrogens is 2. The lowest BCUT2D eigenvalue weighted by Gasteiger charge is -2.36. The van der Waals surface area contributed by atoms with E-state index in [4.69, 9.17) is 14.4 Å². The number of nitrogens with zero attached hydrogens (tertiary/aromatic N) is 2. The first-order chi connectivity index (χ1) is 28.5. The summed E-state index contributed by atoms with van der Waals surface area (Å²) in [6, 6.07) is 57.7. The van der Waals surface area contributed by atoms with Crippen LogP contribution in [-0.2, 0) is 10.8 Å². The highest BCUT2D eigenvalue weighted by Gasteiger charge is 2.47. The minimum Gasteiger partial charge on any atom is -0.452 e. The Morgan fingerprint density at radius 3 is 2.00 bits per heavy atom. The van der Waals surface area contributed by atoms with Crippen molar-refractivity contribution in [1.29, 1.82) is 0 Å². The van der Waals surface area contributed by atoms with E-state index in [9.17, 15) is 0 Å². The van der Waals surface area contributed by atoms with Crippen LogP contribution in [0.1, 0.15) is 68.2 Å².